The zero-order valence-electron chi connectivity index (χ0n) is 9.25. The summed E-state index contributed by atoms with van der Waals surface area (Å²) in [5.74, 6) is 0. The Kier molecular flexibility index (Phi) is 1.58. The molecule has 0 aliphatic heterocycles. The fourth-order valence-electron chi connectivity index (χ4n) is 2.22. The van der Waals surface area contributed by atoms with Gasteiger partial charge in [-0.1, -0.05) is 6.07 Å². The SMILES string of the molecule is Cc1cc2cc(C3(N)CC3)ccc2n1C. The Balaban J connectivity index is 2.22. The van der Waals surface area contributed by atoms with E-state index in [-0.39, 0.29) is 5.54 Å². The molecular weight excluding hydrogens is 184 g/mol. The lowest BCUT2D eigenvalue weighted by molar-refractivity contribution is 0.741. The lowest BCUT2D eigenvalue weighted by Crippen LogP contribution is -2.18. The Morgan fingerprint density at radius 3 is 2.67 bits per heavy atom. The molecule has 15 heavy (non-hydrogen) atoms. The minimum atomic E-state index is -0.0159. The van der Waals surface area contributed by atoms with Gasteiger partial charge in [0.2, 0.25) is 0 Å². The number of fused-ring (bicyclic) bond motifs is 1. The van der Waals surface area contributed by atoms with Gasteiger partial charge in [-0.3, -0.25) is 0 Å². The van der Waals surface area contributed by atoms with Gasteiger partial charge in [-0.25, -0.2) is 0 Å². The highest BCUT2D eigenvalue weighted by molar-refractivity contribution is 5.82. The number of aryl methyl sites for hydroxylation is 2. The van der Waals surface area contributed by atoms with E-state index in [0.29, 0.717) is 0 Å². The van der Waals surface area contributed by atoms with Gasteiger partial charge in [0.05, 0.1) is 0 Å². The summed E-state index contributed by atoms with van der Waals surface area (Å²) in [6.45, 7) is 2.13. The summed E-state index contributed by atoms with van der Waals surface area (Å²) < 4.78 is 2.22. The summed E-state index contributed by atoms with van der Waals surface area (Å²) in [4.78, 5) is 0. The third kappa shape index (κ3) is 1.21. The van der Waals surface area contributed by atoms with E-state index >= 15 is 0 Å². The third-order valence-electron chi connectivity index (χ3n) is 3.65. The molecule has 2 heteroatoms. The van der Waals surface area contributed by atoms with Gasteiger partial charge in [0.25, 0.3) is 0 Å². The molecule has 1 aliphatic rings. The first-order valence-corrected chi connectivity index (χ1v) is 5.46. The maximum atomic E-state index is 6.20. The molecule has 0 bridgehead atoms. The molecule has 3 rings (SSSR count). The van der Waals surface area contributed by atoms with Crippen LogP contribution in [0.2, 0.25) is 0 Å². The largest absolute Gasteiger partial charge is 0.348 e. The molecule has 1 aromatic heterocycles. The molecule has 1 aromatic carbocycles. The Bertz CT molecular complexity index is 533. The molecular formula is C13H16N2. The van der Waals surface area contributed by atoms with Crippen LogP contribution in [0, 0.1) is 6.92 Å². The van der Waals surface area contributed by atoms with Crippen LogP contribution in [0.15, 0.2) is 24.3 Å². The zero-order valence-corrected chi connectivity index (χ0v) is 9.25. The molecule has 1 heterocycles. The normalized spacial score (nSPS) is 18.3. The van der Waals surface area contributed by atoms with Crippen molar-refractivity contribution in [3.05, 3.63) is 35.5 Å². The van der Waals surface area contributed by atoms with Gasteiger partial charge in [-0.15, -0.1) is 0 Å². The average Bonchev–Trinajstić information content (AvgIpc) is 2.90. The van der Waals surface area contributed by atoms with E-state index in [9.17, 15) is 0 Å². The second-order valence-electron chi connectivity index (χ2n) is 4.77. The maximum absolute atomic E-state index is 6.20. The number of nitrogens with two attached hydrogens (primary N) is 1. The van der Waals surface area contributed by atoms with Crippen LogP contribution in [-0.2, 0) is 12.6 Å². The van der Waals surface area contributed by atoms with Crippen LogP contribution in [0.1, 0.15) is 24.1 Å². The summed E-state index contributed by atoms with van der Waals surface area (Å²) in [5.41, 5.74) is 10.1. The predicted molar refractivity (Wildman–Crippen MR) is 62.8 cm³/mol. The van der Waals surface area contributed by atoms with Crippen LogP contribution in [0.3, 0.4) is 0 Å². The molecule has 2 N–H and O–H groups in total. The first kappa shape index (κ1) is 8.98. The van der Waals surface area contributed by atoms with Gasteiger partial charge >= 0.3 is 0 Å². The second-order valence-corrected chi connectivity index (χ2v) is 4.77. The molecule has 2 aromatic rings. The highest BCUT2D eigenvalue weighted by Crippen LogP contribution is 2.43. The maximum Gasteiger partial charge on any atom is 0.0480 e. The van der Waals surface area contributed by atoms with E-state index in [1.807, 2.05) is 0 Å². The minimum absolute atomic E-state index is 0.0159. The van der Waals surface area contributed by atoms with E-state index in [0.717, 1.165) is 12.8 Å². The van der Waals surface area contributed by atoms with Crippen LogP contribution < -0.4 is 5.73 Å². The quantitative estimate of drug-likeness (QED) is 0.753. The minimum Gasteiger partial charge on any atom is -0.348 e. The molecule has 1 aliphatic carbocycles. The third-order valence-corrected chi connectivity index (χ3v) is 3.65. The first-order chi connectivity index (χ1) is 7.10. The van der Waals surface area contributed by atoms with Gasteiger partial charge in [-0.2, -0.15) is 0 Å². The van der Waals surface area contributed by atoms with Crippen molar-refractivity contribution in [2.24, 2.45) is 12.8 Å². The number of benzene rings is 1. The van der Waals surface area contributed by atoms with Gasteiger partial charge in [-0.05, 0) is 43.5 Å². The lowest BCUT2D eigenvalue weighted by Gasteiger charge is -2.09. The van der Waals surface area contributed by atoms with Crippen molar-refractivity contribution < 1.29 is 0 Å². The number of hydrogen-bond acceptors (Lipinski definition) is 1. The topological polar surface area (TPSA) is 30.9 Å². The molecule has 0 saturated heterocycles. The van der Waals surface area contributed by atoms with Gasteiger partial charge in [0.15, 0.2) is 0 Å². The highest BCUT2D eigenvalue weighted by atomic mass is 14.9. The van der Waals surface area contributed by atoms with Crippen molar-refractivity contribution >= 4 is 10.9 Å². The van der Waals surface area contributed by atoms with Crippen molar-refractivity contribution in [1.82, 2.24) is 4.57 Å². The molecule has 78 valence electrons. The van der Waals surface area contributed by atoms with Gasteiger partial charge in [0, 0.05) is 29.2 Å². The number of aromatic nitrogens is 1. The molecule has 0 spiro atoms. The van der Waals surface area contributed by atoms with Crippen molar-refractivity contribution in [3.63, 3.8) is 0 Å². The van der Waals surface area contributed by atoms with Crippen LogP contribution >= 0.6 is 0 Å². The van der Waals surface area contributed by atoms with Crippen molar-refractivity contribution in [3.8, 4) is 0 Å². The second kappa shape index (κ2) is 2.64. The number of hydrogen-bond donors (Lipinski definition) is 1. The van der Waals surface area contributed by atoms with Crippen LogP contribution in [0.25, 0.3) is 10.9 Å². The first-order valence-electron chi connectivity index (χ1n) is 5.46. The van der Waals surface area contributed by atoms with E-state index in [4.69, 9.17) is 5.73 Å². The van der Waals surface area contributed by atoms with E-state index in [1.54, 1.807) is 0 Å². The Hall–Kier alpha value is -1.28. The molecule has 1 saturated carbocycles. The summed E-state index contributed by atoms with van der Waals surface area (Å²) in [6, 6.07) is 8.83. The summed E-state index contributed by atoms with van der Waals surface area (Å²) in [6.07, 6.45) is 2.26. The summed E-state index contributed by atoms with van der Waals surface area (Å²) in [5, 5.41) is 1.31. The van der Waals surface area contributed by atoms with E-state index in [2.05, 4.69) is 42.8 Å². The molecule has 0 atom stereocenters. The Labute approximate surface area is 89.7 Å². The number of nitrogens with zero attached hydrogens (tertiary/aromatic N) is 1. The molecule has 1 fully saturated rings. The zero-order chi connectivity index (χ0) is 10.6. The van der Waals surface area contributed by atoms with Crippen molar-refractivity contribution in [2.45, 2.75) is 25.3 Å². The van der Waals surface area contributed by atoms with Crippen molar-refractivity contribution in [2.75, 3.05) is 0 Å². The van der Waals surface area contributed by atoms with Crippen LogP contribution in [-0.4, -0.2) is 4.57 Å². The van der Waals surface area contributed by atoms with Crippen LogP contribution in [0.4, 0.5) is 0 Å². The molecule has 0 unspecified atom stereocenters. The van der Waals surface area contributed by atoms with E-state index in [1.165, 1.54) is 22.2 Å². The lowest BCUT2D eigenvalue weighted by atomic mass is 10.0. The van der Waals surface area contributed by atoms with Gasteiger partial charge in [0.1, 0.15) is 0 Å². The Morgan fingerprint density at radius 1 is 1.27 bits per heavy atom. The summed E-state index contributed by atoms with van der Waals surface area (Å²) >= 11 is 0. The van der Waals surface area contributed by atoms with Crippen molar-refractivity contribution in [1.29, 1.82) is 0 Å². The van der Waals surface area contributed by atoms with Crippen LogP contribution in [0.5, 0.6) is 0 Å². The predicted octanol–water partition coefficient (Wildman–Crippen LogP) is 2.43. The molecule has 2 nitrogen and oxygen atoms in total. The fourth-order valence-corrected chi connectivity index (χ4v) is 2.22. The number of rotatable bonds is 1. The monoisotopic (exact) mass is 200 g/mol. The smallest absolute Gasteiger partial charge is 0.0480 e. The van der Waals surface area contributed by atoms with Gasteiger partial charge < -0.3 is 10.3 Å². The standard InChI is InChI=1S/C13H16N2/c1-9-7-10-8-11(13(14)5-6-13)3-4-12(10)15(9)2/h3-4,7-8H,5-6,14H2,1-2H3. The van der Waals surface area contributed by atoms with E-state index < -0.39 is 0 Å². The molecule has 0 amide bonds. The fraction of sp³-hybridized carbons (Fsp3) is 0.385. The Morgan fingerprint density at radius 2 is 2.00 bits per heavy atom. The highest BCUT2D eigenvalue weighted by Gasteiger charge is 2.39. The summed E-state index contributed by atoms with van der Waals surface area (Å²) in [7, 11) is 2.10. The molecule has 0 radical (unpaired) electrons. The average molecular weight is 200 g/mol.